The predicted octanol–water partition coefficient (Wildman–Crippen LogP) is 3.24. The number of allylic oxidation sites excluding steroid dienone is 5. The first-order valence-corrected chi connectivity index (χ1v) is 3.54. The van der Waals surface area contributed by atoms with Gasteiger partial charge in [-0.2, -0.15) is 0 Å². The Balaban J connectivity index is 4.11. The molecule has 0 aliphatic carbocycles. The molecule has 0 rings (SSSR count). The third kappa shape index (κ3) is 3.94. The molecule has 0 spiro atoms. The van der Waals surface area contributed by atoms with Crippen molar-refractivity contribution in [3.8, 4) is 0 Å². The monoisotopic (exact) mass is 134 g/mol. The van der Waals surface area contributed by atoms with Crippen LogP contribution in [0, 0.1) is 0 Å². The van der Waals surface area contributed by atoms with E-state index in [1.165, 1.54) is 0 Å². The summed E-state index contributed by atoms with van der Waals surface area (Å²) in [6.07, 6.45) is 9.13. The summed E-state index contributed by atoms with van der Waals surface area (Å²) in [4.78, 5) is 0. The lowest BCUT2D eigenvalue weighted by molar-refractivity contribution is 1.22. The highest BCUT2D eigenvalue weighted by molar-refractivity contribution is 5.28. The van der Waals surface area contributed by atoms with Crippen LogP contribution in [0.15, 0.2) is 42.2 Å². The smallest absolute Gasteiger partial charge is 0.0151 e. The Morgan fingerprint density at radius 3 is 2.60 bits per heavy atom. The Morgan fingerprint density at radius 1 is 1.50 bits per heavy atom. The molecule has 0 saturated carbocycles. The summed E-state index contributed by atoms with van der Waals surface area (Å²) in [5.74, 6) is 0. The molecule has 0 saturated heterocycles. The fourth-order valence-electron chi connectivity index (χ4n) is 0.598. The van der Waals surface area contributed by atoms with Gasteiger partial charge in [0.05, 0.1) is 0 Å². The van der Waals surface area contributed by atoms with Crippen molar-refractivity contribution < 1.29 is 0 Å². The second-order valence-corrected chi connectivity index (χ2v) is 1.94. The average molecular weight is 134 g/mol. The Bertz CT molecular complexity index is 176. The van der Waals surface area contributed by atoms with Crippen LogP contribution in [0.5, 0.6) is 0 Å². The minimum absolute atomic E-state index is 1.05. The zero-order chi connectivity index (χ0) is 7.82. The molecule has 0 atom stereocenters. The van der Waals surface area contributed by atoms with Gasteiger partial charge in [0.1, 0.15) is 0 Å². The zero-order valence-electron chi connectivity index (χ0n) is 6.72. The fourth-order valence-corrected chi connectivity index (χ4v) is 0.598. The van der Waals surface area contributed by atoms with Crippen LogP contribution >= 0.6 is 0 Å². The first-order valence-electron chi connectivity index (χ1n) is 3.54. The van der Waals surface area contributed by atoms with E-state index in [1.54, 1.807) is 0 Å². The lowest BCUT2D eigenvalue weighted by atomic mass is 10.2. The van der Waals surface area contributed by atoms with Gasteiger partial charge >= 0.3 is 0 Å². The molecule has 0 nitrogen and oxygen atoms in total. The van der Waals surface area contributed by atoms with E-state index in [-0.39, 0.29) is 0 Å². The van der Waals surface area contributed by atoms with Crippen LogP contribution < -0.4 is 0 Å². The number of hydrogen-bond donors (Lipinski definition) is 0. The van der Waals surface area contributed by atoms with Gasteiger partial charge in [0.2, 0.25) is 0 Å². The first kappa shape index (κ1) is 9.00. The Hall–Kier alpha value is -1.00. The van der Waals surface area contributed by atoms with Crippen LogP contribution in [0.25, 0.3) is 0 Å². The summed E-state index contributed by atoms with van der Waals surface area (Å²) in [6.45, 7) is 7.66. The molecule has 0 radical (unpaired) electrons. The van der Waals surface area contributed by atoms with Gasteiger partial charge in [-0.15, -0.1) is 5.73 Å². The van der Waals surface area contributed by atoms with Crippen LogP contribution in [0.3, 0.4) is 0 Å². The third-order valence-electron chi connectivity index (χ3n) is 1.08. The number of rotatable bonds is 3. The molecule has 0 bridgehead atoms. The molecule has 0 aliphatic rings. The van der Waals surface area contributed by atoms with Crippen LogP contribution in [0.1, 0.15) is 20.3 Å². The van der Waals surface area contributed by atoms with E-state index in [0.717, 1.165) is 12.0 Å². The number of hydrogen-bond acceptors (Lipinski definition) is 0. The Labute approximate surface area is 63.3 Å². The van der Waals surface area contributed by atoms with Crippen LogP contribution in [-0.4, -0.2) is 0 Å². The zero-order valence-corrected chi connectivity index (χ0v) is 6.72. The van der Waals surface area contributed by atoms with Gasteiger partial charge in [0, 0.05) is 5.57 Å². The standard InChI is InChI=1S/C10H14/c1-4-7-9-10(6-3)8-5-2/h5,7-9H,3-4H2,1-2H3. The molecule has 0 N–H and O–H groups in total. The highest BCUT2D eigenvalue weighted by atomic mass is 13.8. The van der Waals surface area contributed by atoms with Crippen molar-refractivity contribution in [1.82, 2.24) is 0 Å². The third-order valence-corrected chi connectivity index (χ3v) is 1.08. The van der Waals surface area contributed by atoms with Crippen molar-refractivity contribution in [2.45, 2.75) is 20.3 Å². The second-order valence-electron chi connectivity index (χ2n) is 1.94. The maximum absolute atomic E-state index is 3.57. The molecular weight excluding hydrogens is 120 g/mol. The van der Waals surface area contributed by atoms with Crippen molar-refractivity contribution in [3.63, 3.8) is 0 Å². The lowest BCUT2D eigenvalue weighted by Crippen LogP contribution is -1.65. The van der Waals surface area contributed by atoms with Crippen LogP contribution in [-0.2, 0) is 0 Å². The maximum Gasteiger partial charge on any atom is 0.0151 e. The van der Waals surface area contributed by atoms with Gasteiger partial charge in [-0.1, -0.05) is 37.8 Å². The first-order chi connectivity index (χ1) is 4.85. The molecule has 54 valence electrons. The summed E-state index contributed by atoms with van der Waals surface area (Å²) in [5, 5.41) is 0. The topological polar surface area (TPSA) is 0 Å². The minimum Gasteiger partial charge on any atom is -0.121 e. The molecule has 0 amide bonds. The van der Waals surface area contributed by atoms with E-state index in [9.17, 15) is 0 Å². The van der Waals surface area contributed by atoms with Gasteiger partial charge < -0.3 is 0 Å². The average Bonchev–Trinajstić information content (AvgIpc) is 1.98. The molecule has 0 unspecified atom stereocenters. The molecule has 0 aromatic carbocycles. The van der Waals surface area contributed by atoms with Crippen LogP contribution in [0.2, 0.25) is 0 Å². The summed E-state index contributed by atoms with van der Waals surface area (Å²) >= 11 is 0. The highest BCUT2D eigenvalue weighted by Gasteiger charge is 1.77. The van der Waals surface area contributed by atoms with E-state index in [1.807, 2.05) is 25.2 Å². The van der Waals surface area contributed by atoms with Gasteiger partial charge in [0.15, 0.2) is 0 Å². The van der Waals surface area contributed by atoms with Gasteiger partial charge in [-0.3, -0.25) is 0 Å². The van der Waals surface area contributed by atoms with E-state index in [0.29, 0.717) is 0 Å². The van der Waals surface area contributed by atoms with E-state index < -0.39 is 0 Å². The maximum atomic E-state index is 3.57. The minimum atomic E-state index is 1.05. The van der Waals surface area contributed by atoms with Crippen molar-refractivity contribution in [2.75, 3.05) is 0 Å². The molecule has 0 fully saturated rings. The molecule has 10 heavy (non-hydrogen) atoms. The quantitative estimate of drug-likeness (QED) is 0.410. The fraction of sp³-hybridized carbons (Fsp3) is 0.300. The van der Waals surface area contributed by atoms with Crippen molar-refractivity contribution in [3.05, 3.63) is 42.2 Å². The Morgan fingerprint density at radius 2 is 2.20 bits per heavy atom. The van der Waals surface area contributed by atoms with Crippen molar-refractivity contribution >= 4 is 0 Å². The molecular formula is C10H14. The van der Waals surface area contributed by atoms with Gasteiger partial charge in [-0.05, 0) is 13.3 Å². The summed E-state index contributed by atoms with van der Waals surface area (Å²) in [5.41, 5.74) is 3.88. The molecule has 0 aromatic heterocycles. The molecule has 0 aliphatic heterocycles. The van der Waals surface area contributed by atoms with E-state index in [2.05, 4.69) is 25.3 Å². The van der Waals surface area contributed by atoms with Crippen molar-refractivity contribution in [1.29, 1.82) is 0 Å². The van der Waals surface area contributed by atoms with E-state index in [4.69, 9.17) is 0 Å². The van der Waals surface area contributed by atoms with Gasteiger partial charge in [-0.25, -0.2) is 0 Å². The summed E-state index contributed by atoms with van der Waals surface area (Å²) < 4.78 is 0. The normalized spacial score (nSPS) is 10.6. The molecule has 0 aromatic rings. The Kier molecular flexibility index (Phi) is 5.51. The van der Waals surface area contributed by atoms with Crippen LogP contribution in [0.4, 0.5) is 0 Å². The largest absolute Gasteiger partial charge is 0.121 e. The SMILES string of the molecule is C=C=C(C=CC)C=CCC. The van der Waals surface area contributed by atoms with Gasteiger partial charge in [0.25, 0.3) is 0 Å². The van der Waals surface area contributed by atoms with E-state index >= 15 is 0 Å². The summed E-state index contributed by atoms with van der Waals surface area (Å²) in [6, 6.07) is 0. The van der Waals surface area contributed by atoms with Crippen molar-refractivity contribution in [2.24, 2.45) is 0 Å². The lowest BCUT2D eigenvalue weighted by Gasteiger charge is -1.84. The predicted molar refractivity (Wildman–Crippen MR) is 46.9 cm³/mol. The molecule has 0 heteroatoms. The molecule has 0 heterocycles. The second kappa shape index (κ2) is 6.12. The highest BCUT2D eigenvalue weighted by Crippen LogP contribution is 1.96. The summed E-state index contributed by atoms with van der Waals surface area (Å²) in [7, 11) is 0.